The summed E-state index contributed by atoms with van der Waals surface area (Å²) in [5.41, 5.74) is 8.82. The third-order valence-electron chi connectivity index (χ3n) is 9.26. The van der Waals surface area contributed by atoms with Crippen LogP contribution < -0.4 is 0 Å². The van der Waals surface area contributed by atoms with Crippen molar-refractivity contribution < 1.29 is 18.1 Å². The monoisotopic (exact) mass is 604 g/mol. The fourth-order valence-corrected chi connectivity index (χ4v) is 6.95. The zero-order valence-electron chi connectivity index (χ0n) is 25.9. The molecule has 0 saturated heterocycles. The van der Waals surface area contributed by atoms with Gasteiger partial charge in [0.2, 0.25) is 0 Å². The molecule has 44 heavy (non-hydrogen) atoms. The van der Waals surface area contributed by atoms with Crippen LogP contribution in [0.2, 0.25) is 0 Å². The van der Waals surface area contributed by atoms with E-state index in [4.69, 9.17) is 0 Å². The van der Waals surface area contributed by atoms with Crippen LogP contribution in [0.4, 0.5) is 0 Å². The molecule has 0 aliphatic rings. The van der Waals surface area contributed by atoms with Crippen molar-refractivity contribution in [2.24, 2.45) is 0 Å². The van der Waals surface area contributed by atoms with E-state index in [1.165, 1.54) is 28.3 Å². The minimum atomic E-state index is -4.67. The second kappa shape index (κ2) is 12.8. The Labute approximate surface area is 261 Å². The van der Waals surface area contributed by atoms with Gasteiger partial charge in [0.25, 0.3) is 10.1 Å². The molecule has 5 aromatic carbocycles. The maximum Gasteiger partial charge on any atom is 0.298 e. The number of aromatic hydroxyl groups is 1. The van der Waals surface area contributed by atoms with Crippen molar-refractivity contribution in [3.63, 3.8) is 0 Å². The number of phenolic OH excluding ortho intramolecular Hbond substituents is 1. The van der Waals surface area contributed by atoms with Gasteiger partial charge in [-0.15, -0.1) is 0 Å². The Balaban J connectivity index is 1.50. The Bertz CT molecular complexity index is 1830. The number of hydrogen-bond donors (Lipinski definition) is 2. The van der Waals surface area contributed by atoms with E-state index in [1.54, 1.807) is 0 Å². The highest BCUT2D eigenvalue weighted by atomic mass is 32.2. The van der Waals surface area contributed by atoms with Crippen molar-refractivity contribution in [3.05, 3.63) is 165 Å². The third kappa shape index (κ3) is 6.35. The lowest BCUT2D eigenvalue weighted by atomic mass is 9.81. The largest absolute Gasteiger partial charge is 0.506 e. The summed E-state index contributed by atoms with van der Waals surface area (Å²) in [4.78, 5) is -0.463. The van der Waals surface area contributed by atoms with Crippen LogP contribution in [0.3, 0.4) is 0 Å². The first-order chi connectivity index (χ1) is 21.0. The van der Waals surface area contributed by atoms with E-state index < -0.39 is 20.8 Å². The van der Waals surface area contributed by atoms with Crippen molar-refractivity contribution >= 4 is 10.1 Å². The molecule has 0 radical (unpaired) electrons. The van der Waals surface area contributed by atoms with Gasteiger partial charge in [0.05, 0.1) is 0 Å². The predicted octanol–water partition coefficient (Wildman–Crippen LogP) is 9.55. The first kappa shape index (κ1) is 31.2. The van der Waals surface area contributed by atoms with Gasteiger partial charge in [0.15, 0.2) is 0 Å². The van der Waals surface area contributed by atoms with Crippen molar-refractivity contribution in [1.29, 1.82) is 0 Å². The SMILES string of the molecule is Cc1c(C(C)c2ccc(C(C)c3ccccc3)cc2)cc(S(=O)(=O)O)c(O)c1C(C)c1ccc(C(C)c2ccccc2)cc1. The Morgan fingerprint density at radius 3 is 1.25 bits per heavy atom. The minimum Gasteiger partial charge on any atom is -0.506 e. The van der Waals surface area contributed by atoms with Gasteiger partial charge in [0, 0.05) is 29.2 Å². The van der Waals surface area contributed by atoms with Crippen molar-refractivity contribution in [2.75, 3.05) is 0 Å². The van der Waals surface area contributed by atoms with E-state index in [0.29, 0.717) is 5.56 Å². The molecule has 0 bridgehead atoms. The number of rotatable bonds is 9. The highest BCUT2D eigenvalue weighted by Gasteiger charge is 2.28. The zero-order valence-corrected chi connectivity index (χ0v) is 26.7. The highest BCUT2D eigenvalue weighted by Crippen LogP contribution is 2.43. The first-order valence-electron chi connectivity index (χ1n) is 15.1. The second-order valence-corrected chi connectivity index (χ2v) is 13.3. The summed E-state index contributed by atoms with van der Waals surface area (Å²) in [7, 11) is -4.67. The number of benzene rings is 5. The molecule has 0 aliphatic carbocycles. The lowest BCUT2D eigenvalue weighted by Gasteiger charge is -2.25. The van der Waals surface area contributed by atoms with Crippen LogP contribution in [-0.2, 0) is 10.1 Å². The van der Waals surface area contributed by atoms with Gasteiger partial charge in [-0.25, -0.2) is 0 Å². The van der Waals surface area contributed by atoms with Gasteiger partial charge in [-0.3, -0.25) is 4.55 Å². The predicted molar refractivity (Wildman–Crippen MR) is 178 cm³/mol. The fourth-order valence-electron chi connectivity index (χ4n) is 6.32. The van der Waals surface area contributed by atoms with Crippen LogP contribution in [0.25, 0.3) is 0 Å². The molecule has 0 spiro atoms. The molecule has 0 aromatic heterocycles. The molecule has 0 amide bonds. The van der Waals surface area contributed by atoms with E-state index >= 15 is 0 Å². The third-order valence-corrected chi connectivity index (χ3v) is 10.1. The summed E-state index contributed by atoms with van der Waals surface area (Å²) < 4.78 is 35.1. The van der Waals surface area contributed by atoms with Crippen molar-refractivity contribution in [3.8, 4) is 5.75 Å². The van der Waals surface area contributed by atoms with Crippen molar-refractivity contribution in [1.82, 2.24) is 0 Å². The topological polar surface area (TPSA) is 74.6 Å². The van der Waals surface area contributed by atoms with Crippen LogP contribution in [0.15, 0.2) is 120 Å². The lowest BCUT2D eigenvalue weighted by molar-refractivity contribution is 0.435. The maximum absolute atomic E-state index is 12.5. The highest BCUT2D eigenvalue weighted by molar-refractivity contribution is 7.86. The first-order valence-corrected chi connectivity index (χ1v) is 16.5. The standard InChI is InChI=1S/C39H40O4S/c1-25(30-12-8-6-9-13-30)32-16-20-34(21-17-32)27(3)36-24-37(44(41,42)43)39(40)38(29(36)5)28(4)35-22-18-33(19-23-35)26(2)31-14-10-7-11-15-31/h6-28,40H,1-5H3,(H,41,42,43). The summed E-state index contributed by atoms with van der Waals surface area (Å²) in [6.07, 6.45) is 0. The Kier molecular flexibility index (Phi) is 9.10. The molecule has 5 rings (SSSR count). The van der Waals surface area contributed by atoms with Crippen LogP contribution in [-0.4, -0.2) is 18.1 Å². The quantitative estimate of drug-likeness (QED) is 0.164. The number of phenols is 1. The molecule has 0 aliphatic heterocycles. The smallest absolute Gasteiger partial charge is 0.298 e. The molecular formula is C39H40O4S. The normalized spacial score (nSPS) is 14.5. The average Bonchev–Trinajstić information content (AvgIpc) is 3.04. The van der Waals surface area contributed by atoms with Gasteiger partial charge in [-0.2, -0.15) is 8.42 Å². The molecular weight excluding hydrogens is 564 g/mol. The Morgan fingerprint density at radius 1 is 0.523 bits per heavy atom. The van der Waals surface area contributed by atoms with Gasteiger partial charge in [0.1, 0.15) is 10.6 Å². The maximum atomic E-state index is 12.5. The Hall–Kier alpha value is -4.19. The summed E-state index contributed by atoms with van der Waals surface area (Å²) in [5.74, 6) is -0.457. The molecule has 2 N–H and O–H groups in total. The molecule has 0 fully saturated rings. The van der Waals surface area contributed by atoms with Gasteiger partial charge in [-0.05, 0) is 57.5 Å². The fraction of sp³-hybridized carbons (Fsp3) is 0.231. The molecule has 4 nitrogen and oxygen atoms in total. The minimum absolute atomic E-state index is 0.183. The number of hydrogen-bond acceptors (Lipinski definition) is 3. The van der Waals surface area contributed by atoms with E-state index in [-0.39, 0.29) is 23.7 Å². The summed E-state index contributed by atoms with van der Waals surface area (Å²) in [6.45, 7) is 10.3. The average molecular weight is 605 g/mol. The van der Waals surface area contributed by atoms with E-state index in [0.717, 1.165) is 22.3 Å². The van der Waals surface area contributed by atoms with Gasteiger partial charge < -0.3 is 5.11 Å². The molecule has 226 valence electrons. The molecule has 5 heteroatoms. The van der Waals surface area contributed by atoms with Gasteiger partial charge >= 0.3 is 0 Å². The Morgan fingerprint density at radius 2 is 0.864 bits per heavy atom. The summed E-state index contributed by atoms with van der Waals surface area (Å²) in [5, 5.41) is 11.3. The van der Waals surface area contributed by atoms with E-state index in [1.807, 2.05) is 69.3 Å². The van der Waals surface area contributed by atoms with E-state index in [9.17, 15) is 18.1 Å². The molecule has 5 aromatic rings. The van der Waals surface area contributed by atoms with Crippen LogP contribution in [0, 0.1) is 6.92 Å². The molecule has 0 saturated carbocycles. The van der Waals surface area contributed by atoms with Gasteiger partial charge in [-0.1, -0.05) is 137 Å². The van der Waals surface area contributed by atoms with E-state index in [2.05, 4.69) is 74.5 Å². The molecule has 4 atom stereocenters. The molecule has 0 heterocycles. The second-order valence-electron chi connectivity index (χ2n) is 11.9. The molecule has 4 unspecified atom stereocenters. The van der Waals surface area contributed by atoms with Crippen molar-refractivity contribution in [2.45, 2.75) is 63.2 Å². The van der Waals surface area contributed by atoms with Crippen LogP contribution in [0.1, 0.15) is 101 Å². The summed E-state index contributed by atoms with van der Waals surface area (Å²) in [6, 6.07) is 38.7. The summed E-state index contributed by atoms with van der Waals surface area (Å²) >= 11 is 0. The van der Waals surface area contributed by atoms with Crippen LogP contribution >= 0.6 is 0 Å². The van der Waals surface area contributed by atoms with Crippen LogP contribution in [0.5, 0.6) is 5.75 Å². The lowest BCUT2D eigenvalue weighted by Crippen LogP contribution is -2.10. The zero-order chi connectivity index (χ0) is 31.6.